The number of esters is 1. The maximum Gasteiger partial charge on any atom is 0.343 e. The van der Waals surface area contributed by atoms with Crippen LogP contribution >= 0.6 is 0 Å². The van der Waals surface area contributed by atoms with Crippen LogP contribution < -0.4 is 10.1 Å². The number of hydrogen-bond donors (Lipinski definition) is 1. The van der Waals surface area contributed by atoms with Crippen molar-refractivity contribution < 1.29 is 19.1 Å². The molecule has 0 radical (unpaired) electrons. The number of carbonyl (C=O) groups excluding carboxylic acids is 3. The summed E-state index contributed by atoms with van der Waals surface area (Å²) in [6.45, 7) is 1.25. The van der Waals surface area contributed by atoms with Crippen molar-refractivity contribution in [2.24, 2.45) is 0 Å². The normalized spacial score (nSPS) is 13.2. The Kier molecular flexibility index (Phi) is 6.08. The van der Waals surface area contributed by atoms with Gasteiger partial charge in [-0.25, -0.2) is 4.79 Å². The smallest absolute Gasteiger partial charge is 0.343 e. The molecule has 0 bridgehead atoms. The molecule has 31 heavy (non-hydrogen) atoms. The topological polar surface area (TPSA) is 75.7 Å². The number of ether oxygens (including phenoxy) is 1. The summed E-state index contributed by atoms with van der Waals surface area (Å²) in [5.74, 6) is -0.162. The van der Waals surface area contributed by atoms with E-state index in [1.165, 1.54) is 0 Å². The first-order valence-corrected chi connectivity index (χ1v) is 10.1. The number of carbonyl (C=O) groups is 3. The second-order valence-electron chi connectivity index (χ2n) is 7.35. The standard InChI is InChI=1S/C25H22N2O4/c28-23-10-5-15-27(23)17-18-6-4-9-20(16-18)25(30)31-22-13-11-21(12-14-22)26-24(29)19-7-2-1-3-8-19/h1-4,6-9,11-14,16H,5,10,15,17H2,(H,26,29). The first kappa shape index (κ1) is 20.3. The number of hydrogen-bond acceptors (Lipinski definition) is 4. The van der Waals surface area contributed by atoms with Gasteiger partial charge in [0.05, 0.1) is 5.56 Å². The summed E-state index contributed by atoms with van der Waals surface area (Å²) in [4.78, 5) is 38.4. The summed E-state index contributed by atoms with van der Waals surface area (Å²) in [6.07, 6.45) is 1.46. The van der Waals surface area contributed by atoms with Crippen molar-refractivity contribution in [1.29, 1.82) is 0 Å². The molecular formula is C25H22N2O4. The van der Waals surface area contributed by atoms with Gasteiger partial charge in [-0.1, -0.05) is 30.3 Å². The Morgan fingerprint density at radius 1 is 0.903 bits per heavy atom. The number of nitrogens with one attached hydrogen (secondary N) is 1. The first-order chi connectivity index (χ1) is 15.1. The average molecular weight is 414 g/mol. The van der Waals surface area contributed by atoms with Crippen LogP contribution in [0.4, 0.5) is 5.69 Å². The number of anilines is 1. The highest BCUT2D eigenvalue weighted by Crippen LogP contribution is 2.19. The minimum absolute atomic E-state index is 0.146. The predicted octanol–water partition coefficient (Wildman–Crippen LogP) is 4.28. The molecule has 0 saturated carbocycles. The third-order valence-electron chi connectivity index (χ3n) is 5.07. The lowest BCUT2D eigenvalue weighted by Gasteiger charge is -2.15. The second-order valence-corrected chi connectivity index (χ2v) is 7.35. The molecule has 1 fully saturated rings. The van der Waals surface area contributed by atoms with Gasteiger partial charge in [-0.15, -0.1) is 0 Å². The van der Waals surface area contributed by atoms with Gasteiger partial charge in [0.15, 0.2) is 0 Å². The Labute approximate surface area is 180 Å². The van der Waals surface area contributed by atoms with Gasteiger partial charge in [0.2, 0.25) is 5.91 Å². The Bertz CT molecular complexity index is 1090. The zero-order valence-electron chi connectivity index (χ0n) is 16.9. The Hall–Kier alpha value is -3.93. The molecule has 1 aliphatic rings. The van der Waals surface area contributed by atoms with Crippen LogP contribution in [0.5, 0.6) is 5.75 Å². The van der Waals surface area contributed by atoms with Gasteiger partial charge in [0, 0.05) is 30.8 Å². The lowest BCUT2D eigenvalue weighted by Crippen LogP contribution is -2.24. The van der Waals surface area contributed by atoms with Crippen molar-refractivity contribution in [2.75, 3.05) is 11.9 Å². The van der Waals surface area contributed by atoms with Crippen molar-refractivity contribution in [3.05, 3.63) is 95.6 Å². The fraction of sp³-hybridized carbons (Fsp3) is 0.160. The molecule has 2 amide bonds. The number of likely N-dealkylation sites (tertiary alicyclic amines) is 1. The van der Waals surface area contributed by atoms with E-state index in [1.54, 1.807) is 71.6 Å². The average Bonchev–Trinajstić information content (AvgIpc) is 3.20. The zero-order valence-corrected chi connectivity index (χ0v) is 16.9. The third-order valence-corrected chi connectivity index (χ3v) is 5.07. The van der Waals surface area contributed by atoms with Crippen molar-refractivity contribution in [3.8, 4) is 5.75 Å². The highest BCUT2D eigenvalue weighted by Gasteiger charge is 2.20. The molecule has 4 rings (SSSR count). The van der Waals surface area contributed by atoms with Crippen LogP contribution in [0, 0.1) is 0 Å². The van der Waals surface area contributed by atoms with Gasteiger partial charge < -0.3 is 15.0 Å². The summed E-state index contributed by atoms with van der Waals surface area (Å²) in [5, 5.41) is 2.80. The number of amides is 2. The van der Waals surface area contributed by atoms with Crippen LogP contribution in [0.1, 0.15) is 39.1 Å². The first-order valence-electron chi connectivity index (χ1n) is 10.1. The van der Waals surface area contributed by atoms with Crippen LogP contribution in [0.15, 0.2) is 78.9 Å². The van der Waals surface area contributed by atoms with E-state index >= 15 is 0 Å². The summed E-state index contributed by atoms with van der Waals surface area (Å²) < 4.78 is 5.46. The fourth-order valence-corrected chi connectivity index (χ4v) is 3.45. The fourth-order valence-electron chi connectivity index (χ4n) is 3.45. The molecule has 156 valence electrons. The molecule has 1 heterocycles. The zero-order chi connectivity index (χ0) is 21.6. The van der Waals surface area contributed by atoms with Crippen LogP contribution in [0.25, 0.3) is 0 Å². The van der Waals surface area contributed by atoms with Gasteiger partial charge in [-0.2, -0.15) is 0 Å². The van der Waals surface area contributed by atoms with Crippen molar-refractivity contribution in [2.45, 2.75) is 19.4 Å². The summed E-state index contributed by atoms with van der Waals surface area (Å²) in [6, 6.07) is 22.7. The Morgan fingerprint density at radius 2 is 1.65 bits per heavy atom. The van der Waals surface area contributed by atoms with Crippen molar-refractivity contribution in [3.63, 3.8) is 0 Å². The molecule has 1 aliphatic heterocycles. The van der Waals surface area contributed by atoms with E-state index in [2.05, 4.69) is 5.32 Å². The van der Waals surface area contributed by atoms with Crippen LogP contribution in [-0.4, -0.2) is 29.2 Å². The summed E-state index contributed by atoms with van der Waals surface area (Å²) in [7, 11) is 0. The maximum absolute atomic E-state index is 12.5. The third kappa shape index (κ3) is 5.17. The van der Waals surface area contributed by atoms with Crippen LogP contribution in [-0.2, 0) is 11.3 Å². The molecule has 3 aromatic rings. The molecule has 0 spiro atoms. The van der Waals surface area contributed by atoms with E-state index in [0.717, 1.165) is 18.5 Å². The molecular weight excluding hydrogens is 392 g/mol. The summed E-state index contributed by atoms with van der Waals surface area (Å²) in [5.41, 5.74) is 2.48. The number of rotatable bonds is 6. The van der Waals surface area contributed by atoms with Crippen molar-refractivity contribution in [1.82, 2.24) is 4.90 Å². The second kappa shape index (κ2) is 9.26. The summed E-state index contributed by atoms with van der Waals surface area (Å²) >= 11 is 0. The van der Waals surface area contributed by atoms with E-state index < -0.39 is 5.97 Å². The largest absolute Gasteiger partial charge is 0.423 e. The minimum Gasteiger partial charge on any atom is -0.423 e. The number of nitrogens with zero attached hydrogens (tertiary/aromatic N) is 1. The van der Waals surface area contributed by atoms with Gasteiger partial charge in [0.1, 0.15) is 5.75 Å². The SMILES string of the molecule is O=C(Nc1ccc(OC(=O)c2cccc(CN3CCCC3=O)c2)cc1)c1ccccc1. The molecule has 6 heteroatoms. The van der Waals surface area contributed by atoms with E-state index in [9.17, 15) is 14.4 Å². The molecule has 0 aromatic heterocycles. The maximum atomic E-state index is 12.5. The minimum atomic E-state index is -0.476. The van der Waals surface area contributed by atoms with Gasteiger partial charge in [0.25, 0.3) is 5.91 Å². The quantitative estimate of drug-likeness (QED) is 0.483. The molecule has 0 aliphatic carbocycles. The highest BCUT2D eigenvalue weighted by molar-refractivity contribution is 6.04. The molecule has 0 atom stereocenters. The van der Waals surface area contributed by atoms with E-state index in [4.69, 9.17) is 4.74 Å². The molecule has 3 aromatic carbocycles. The number of benzene rings is 3. The van der Waals surface area contributed by atoms with Gasteiger partial charge >= 0.3 is 5.97 Å². The predicted molar refractivity (Wildman–Crippen MR) is 117 cm³/mol. The lowest BCUT2D eigenvalue weighted by atomic mass is 10.1. The van der Waals surface area contributed by atoms with E-state index in [1.807, 2.05) is 12.1 Å². The molecule has 1 N–H and O–H groups in total. The van der Waals surface area contributed by atoms with Gasteiger partial charge in [-0.3, -0.25) is 9.59 Å². The van der Waals surface area contributed by atoms with E-state index in [-0.39, 0.29) is 11.8 Å². The molecule has 0 unspecified atom stereocenters. The molecule has 6 nitrogen and oxygen atoms in total. The molecule has 1 saturated heterocycles. The lowest BCUT2D eigenvalue weighted by molar-refractivity contribution is -0.128. The van der Waals surface area contributed by atoms with Gasteiger partial charge in [-0.05, 0) is 60.5 Å². The van der Waals surface area contributed by atoms with Crippen LogP contribution in [0.3, 0.4) is 0 Å². The Morgan fingerprint density at radius 3 is 2.35 bits per heavy atom. The van der Waals surface area contributed by atoms with Crippen molar-refractivity contribution >= 4 is 23.5 Å². The van der Waals surface area contributed by atoms with E-state index in [0.29, 0.717) is 35.5 Å². The van der Waals surface area contributed by atoms with Crippen LogP contribution in [0.2, 0.25) is 0 Å². The highest BCUT2D eigenvalue weighted by atomic mass is 16.5. The Balaban J connectivity index is 1.37. The monoisotopic (exact) mass is 414 g/mol.